The van der Waals surface area contributed by atoms with E-state index in [1.54, 1.807) is 0 Å². The van der Waals surface area contributed by atoms with Crippen LogP contribution in [0.1, 0.15) is 0 Å². The fraction of sp³-hybridized carbons (Fsp3) is 0. The summed E-state index contributed by atoms with van der Waals surface area (Å²) in [5.74, 6) is 0. The van der Waals surface area contributed by atoms with E-state index in [0.29, 0.717) is 35.2 Å². The molecule has 23 rings (SSSR count). The van der Waals surface area contributed by atoms with Gasteiger partial charge in [0, 0.05) is 51.2 Å². The molecule has 13 heteroatoms. The SMILES string of the molecule is Clc1cc(-c2ccccc2)cc(Cl)c1Cl.Clc1ccc(-c2ccccc2)cc1N(c1ccccc1)c1cc(-c2ccccc2)cc(N(c2ccccc2)c2cc(-c3ccccc3)ccc2Cl)c1Cl.Clc1ccc(-c2ccccc2)cc1Nc1ccccc1.c1ccc(-c2ccc3c(c2)N(c2ccccc2)c2cc(-c4ccccc4)cc4c2B3c2ccc(-c3ccccc3)cc2N4c2ccccc2)cc1. The Labute approximate surface area is 847 Å². The summed E-state index contributed by atoms with van der Waals surface area (Å²) >= 11 is 46.2. The van der Waals surface area contributed by atoms with Crippen molar-refractivity contribution in [3.05, 3.63) is 557 Å². The second kappa shape index (κ2) is 42.5. The number of fused-ring (bicyclic) bond motifs is 4. The molecule has 1 N–H and O–H groups in total. The quantitative estimate of drug-likeness (QED) is 0.0682. The molecule has 0 radical (unpaired) electrons. The van der Waals surface area contributed by atoms with Crippen LogP contribution in [0.5, 0.6) is 0 Å². The van der Waals surface area contributed by atoms with Crippen LogP contribution in [0, 0.1) is 0 Å². The highest BCUT2D eigenvalue weighted by Gasteiger charge is 2.44. The highest BCUT2D eigenvalue weighted by molar-refractivity contribution is 7.00. The Morgan fingerprint density at radius 1 is 0.187 bits per heavy atom. The van der Waals surface area contributed by atoms with Gasteiger partial charge in [-0.2, -0.15) is 0 Å². The number of rotatable bonds is 18. The van der Waals surface area contributed by atoms with Crippen molar-refractivity contribution in [3.63, 3.8) is 0 Å². The molecular formula is C126H87BCl7N5. The van der Waals surface area contributed by atoms with Gasteiger partial charge >= 0.3 is 0 Å². The van der Waals surface area contributed by atoms with Crippen molar-refractivity contribution in [2.75, 3.05) is 24.9 Å². The molecule has 2 heterocycles. The van der Waals surface area contributed by atoms with Crippen molar-refractivity contribution >= 4 is 184 Å². The number of hydrogen-bond acceptors (Lipinski definition) is 5. The normalized spacial score (nSPS) is 11.4. The number of anilines is 14. The molecule has 0 bridgehead atoms. The topological polar surface area (TPSA) is 25.0 Å². The summed E-state index contributed by atoms with van der Waals surface area (Å²) < 4.78 is 0. The van der Waals surface area contributed by atoms with Crippen LogP contribution in [0.4, 0.5) is 79.6 Å². The van der Waals surface area contributed by atoms with Gasteiger partial charge in [-0.05, 0) is 251 Å². The summed E-state index contributed by atoms with van der Waals surface area (Å²) in [6.07, 6.45) is 0. The Balaban J connectivity index is 0.000000127. The van der Waals surface area contributed by atoms with Crippen molar-refractivity contribution in [1.82, 2.24) is 0 Å². The lowest BCUT2D eigenvalue weighted by Gasteiger charge is -2.44. The Hall–Kier alpha value is -15.3. The number of hydrogen-bond donors (Lipinski definition) is 1. The van der Waals surface area contributed by atoms with E-state index in [0.717, 1.165) is 107 Å². The molecule has 21 aromatic carbocycles. The van der Waals surface area contributed by atoms with Gasteiger partial charge in [-0.25, -0.2) is 0 Å². The van der Waals surface area contributed by atoms with Crippen LogP contribution in [0.15, 0.2) is 522 Å². The van der Waals surface area contributed by atoms with E-state index in [1.807, 2.05) is 206 Å². The molecule has 668 valence electrons. The number of para-hydroxylation sites is 5. The van der Waals surface area contributed by atoms with Crippen molar-refractivity contribution in [2.45, 2.75) is 0 Å². The molecule has 0 saturated heterocycles. The molecule has 0 aliphatic carbocycles. The molecule has 139 heavy (non-hydrogen) atoms. The van der Waals surface area contributed by atoms with Gasteiger partial charge in [-0.1, -0.05) is 457 Å². The van der Waals surface area contributed by atoms with Crippen LogP contribution in [-0.2, 0) is 0 Å². The van der Waals surface area contributed by atoms with Crippen LogP contribution < -0.4 is 41.3 Å². The monoisotopic (exact) mass is 1930 g/mol. The minimum absolute atomic E-state index is 0.0411. The Morgan fingerprint density at radius 3 is 0.777 bits per heavy atom. The maximum Gasteiger partial charge on any atom is 0.252 e. The summed E-state index contributed by atoms with van der Waals surface area (Å²) in [4.78, 5) is 9.29. The third-order valence-corrected chi connectivity index (χ3v) is 27.4. The standard InChI is InChI=1S/C48H33BN2.C48H33Cl3N2.C18H14ClN.C12H7Cl3/c1-6-16-34(17-7-1)37-26-28-42-44(30-37)50(40-22-12-4-13-23-40)46-32-39(36-20-10-3-11-21-36)33-47-48(46)49(42)43-29-27-38(35-18-8-2-9-19-35)31-45(43)51(47)41-24-14-5-15-25-41;49-42-28-26-37(34-16-6-1-7-17-34)30-44(42)52(40-22-12-4-13-23-40)46-32-39(36-20-10-3-11-21-36)33-47(48(46)51)53(41-24-14-5-15-25-41)45-31-38(27-29-43(45)50)35-18-8-2-9-19-35;19-17-12-11-15(14-7-3-1-4-8-14)13-18(17)20-16-9-5-2-6-10-16;13-10-6-9(7-11(14)12(10)15)8-4-2-1-3-5-8/h1-33H;1-33H;1-13,20H;1-7H. The first kappa shape index (κ1) is 91.5. The smallest absolute Gasteiger partial charge is 0.252 e. The number of nitrogens with one attached hydrogen (secondary N) is 1. The Morgan fingerprint density at radius 2 is 0.439 bits per heavy atom. The first-order chi connectivity index (χ1) is 68.4. The van der Waals surface area contributed by atoms with Gasteiger partial charge in [-0.15, -0.1) is 0 Å². The lowest BCUT2D eigenvalue weighted by Crippen LogP contribution is -2.61. The molecule has 0 aromatic heterocycles. The molecule has 0 atom stereocenters. The van der Waals surface area contributed by atoms with Crippen molar-refractivity contribution in [2.24, 2.45) is 0 Å². The number of halogens is 7. The first-order valence-corrected chi connectivity index (χ1v) is 48.5. The summed E-state index contributed by atoms with van der Waals surface area (Å²) in [6, 6.07) is 181. The zero-order chi connectivity index (χ0) is 94.5. The molecule has 21 aromatic rings. The number of benzene rings is 21. The average Bonchev–Trinajstić information content (AvgIpc) is 0.692. The second-order valence-electron chi connectivity index (χ2n) is 33.6. The minimum Gasteiger partial charge on any atom is -0.354 e. The Kier molecular flexibility index (Phi) is 28.0. The van der Waals surface area contributed by atoms with Crippen molar-refractivity contribution < 1.29 is 0 Å². The predicted octanol–water partition coefficient (Wildman–Crippen LogP) is 37.4. The summed E-state index contributed by atoms with van der Waals surface area (Å²) in [7, 11) is 0. The average molecular weight is 1930 g/mol. The molecule has 0 unspecified atom stereocenters. The van der Waals surface area contributed by atoms with E-state index >= 15 is 0 Å². The van der Waals surface area contributed by atoms with E-state index < -0.39 is 0 Å². The maximum atomic E-state index is 7.81. The zero-order valence-corrected chi connectivity index (χ0v) is 80.5. The van der Waals surface area contributed by atoms with Gasteiger partial charge in [0.2, 0.25) is 0 Å². The summed E-state index contributed by atoms with van der Waals surface area (Å²) in [5, 5.41) is 7.13. The summed E-state index contributed by atoms with van der Waals surface area (Å²) in [6.45, 7) is 0.0411. The molecule has 2 aliphatic heterocycles. The second-order valence-corrected chi connectivity index (χ2v) is 36.4. The minimum atomic E-state index is 0.0411. The lowest BCUT2D eigenvalue weighted by atomic mass is 9.33. The highest BCUT2D eigenvalue weighted by Crippen LogP contribution is 2.54. The number of nitrogens with zero attached hydrogens (tertiary/aromatic N) is 4. The van der Waals surface area contributed by atoms with Gasteiger partial charge in [-0.3, -0.25) is 0 Å². The van der Waals surface area contributed by atoms with Crippen LogP contribution >= 0.6 is 81.2 Å². The van der Waals surface area contributed by atoms with E-state index in [9.17, 15) is 0 Å². The highest BCUT2D eigenvalue weighted by atomic mass is 35.5. The fourth-order valence-corrected chi connectivity index (χ4v) is 19.7. The van der Waals surface area contributed by atoms with Gasteiger partial charge < -0.3 is 24.9 Å². The third-order valence-electron chi connectivity index (χ3n) is 24.9. The Bertz CT molecular complexity index is 7500. The van der Waals surface area contributed by atoms with Gasteiger partial charge in [0.05, 0.1) is 63.6 Å². The van der Waals surface area contributed by atoms with Crippen LogP contribution in [0.25, 0.3) is 89.0 Å². The molecular weight excluding hydrogens is 1840 g/mol. The van der Waals surface area contributed by atoms with Gasteiger partial charge in [0.15, 0.2) is 0 Å². The molecule has 0 fully saturated rings. The predicted molar refractivity (Wildman–Crippen MR) is 597 cm³/mol. The molecule has 0 saturated carbocycles. The van der Waals surface area contributed by atoms with E-state index in [4.69, 9.17) is 81.2 Å². The molecule has 5 nitrogen and oxygen atoms in total. The zero-order valence-electron chi connectivity index (χ0n) is 75.2. The first-order valence-electron chi connectivity index (χ1n) is 45.9. The molecule has 0 spiro atoms. The van der Waals surface area contributed by atoms with E-state index in [2.05, 4.69) is 340 Å². The van der Waals surface area contributed by atoms with E-state index in [1.165, 1.54) is 78.1 Å². The third kappa shape index (κ3) is 20.2. The van der Waals surface area contributed by atoms with Gasteiger partial charge in [0.1, 0.15) is 0 Å². The van der Waals surface area contributed by atoms with Gasteiger partial charge in [0.25, 0.3) is 6.71 Å². The molecule has 0 amide bonds. The maximum absolute atomic E-state index is 7.81. The van der Waals surface area contributed by atoms with Crippen molar-refractivity contribution in [1.29, 1.82) is 0 Å². The van der Waals surface area contributed by atoms with Crippen LogP contribution in [0.3, 0.4) is 0 Å². The largest absolute Gasteiger partial charge is 0.354 e. The summed E-state index contributed by atoms with van der Waals surface area (Å²) in [5.41, 5.74) is 35.8. The van der Waals surface area contributed by atoms with E-state index in [-0.39, 0.29) is 6.71 Å². The molecule has 2 aliphatic rings. The van der Waals surface area contributed by atoms with Crippen molar-refractivity contribution in [3.8, 4) is 89.0 Å². The lowest BCUT2D eigenvalue weighted by molar-refractivity contribution is 1.25. The van der Waals surface area contributed by atoms with Crippen LogP contribution in [-0.4, -0.2) is 6.71 Å². The van der Waals surface area contributed by atoms with Crippen LogP contribution in [0.2, 0.25) is 35.2 Å². The fourth-order valence-electron chi connectivity index (χ4n) is 18.3.